The third-order valence-corrected chi connectivity index (χ3v) is 4.30. The molecule has 0 fully saturated rings. The van der Waals surface area contributed by atoms with Crippen molar-refractivity contribution in [1.82, 2.24) is 5.32 Å². The summed E-state index contributed by atoms with van der Waals surface area (Å²) in [5.41, 5.74) is -0.0416. The van der Waals surface area contributed by atoms with Crippen LogP contribution in [0.25, 0.3) is 0 Å². The molecule has 18 heavy (non-hydrogen) atoms. The van der Waals surface area contributed by atoms with Gasteiger partial charge in [0, 0.05) is 21.5 Å². The number of hydrogen-bond acceptors (Lipinski definition) is 3. The maximum Gasteiger partial charge on any atom is 0.0783 e. The van der Waals surface area contributed by atoms with Crippen LogP contribution >= 0.6 is 15.9 Å². The zero-order valence-electron chi connectivity index (χ0n) is 10.9. The first kappa shape index (κ1) is 15.8. The summed E-state index contributed by atoms with van der Waals surface area (Å²) in [4.78, 5) is 0.744. The van der Waals surface area contributed by atoms with Gasteiger partial charge in [0.25, 0.3) is 0 Å². The number of rotatable bonds is 5. The maximum atomic E-state index is 12.0. The molecule has 0 amide bonds. The van der Waals surface area contributed by atoms with E-state index in [1.54, 1.807) is 0 Å². The predicted molar refractivity (Wildman–Crippen MR) is 79.2 cm³/mol. The number of hydrogen-bond donors (Lipinski definition) is 2. The van der Waals surface area contributed by atoms with E-state index in [2.05, 4.69) is 21.2 Å². The molecule has 0 aliphatic heterocycles. The Hall–Kier alpha value is -0.230. The zero-order valence-corrected chi connectivity index (χ0v) is 13.3. The van der Waals surface area contributed by atoms with Gasteiger partial charge in [-0.2, -0.15) is 0 Å². The molecule has 0 saturated heterocycles. The van der Waals surface area contributed by atoms with Gasteiger partial charge in [0.1, 0.15) is 0 Å². The van der Waals surface area contributed by atoms with E-state index in [-0.39, 0.29) is 11.3 Å². The van der Waals surface area contributed by atoms with Crippen LogP contribution in [0.5, 0.6) is 0 Å². The molecule has 5 heteroatoms. The SMILES string of the molecule is CC(C)(C)NCC(O)CS(=O)c1ccc(Br)cc1. The Morgan fingerprint density at radius 3 is 2.39 bits per heavy atom. The molecule has 0 aliphatic carbocycles. The molecule has 1 aromatic rings. The molecule has 0 radical (unpaired) electrons. The first-order chi connectivity index (χ1) is 8.28. The van der Waals surface area contributed by atoms with Crippen LogP contribution in [-0.4, -0.2) is 33.3 Å². The third-order valence-electron chi connectivity index (χ3n) is 2.29. The number of halogens is 1. The van der Waals surface area contributed by atoms with Crippen LogP contribution < -0.4 is 5.32 Å². The Labute approximate surface area is 120 Å². The van der Waals surface area contributed by atoms with E-state index in [0.29, 0.717) is 6.54 Å². The Morgan fingerprint density at radius 1 is 1.33 bits per heavy atom. The Balaban J connectivity index is 2.47. The molecule has 102 valence electrons. The average Bonchev–Trinajstić information content (AvgIpc) is 2.26. The Bertz CT molecular complexity index is 400. The quantitative estimate of drug-likeness (QED) is 0.869. The molecule has 2 N–H and O–H groups in total. The highest BCUT2D eigenvalue weighted by Gasteiger charge is 2.15. The summed E-state index contributed by atoms with van der Waals surface area (Å²) in [5, 5.41) is 13.0. The number of aliphatic hydroxyl groups excluding tert-OH is 1. The van der Waals surface area contributed by atoms with Crippen molar-refractivity contribution in [3.63, 3.8) is 0 Å². The fourth-order valence-corrected chi connectivity index (χ4v) is 2.70. The van der Waals surface area contributed by atoms with Crippen LogP contribution in [0.1, 0.15) is 20.8 Å². The number of nitrogens with one attached hydrogen (secondary N) is 1. The van der Waals surface area contributed by atoms with Gasteiger partial charge in [-0.25, -0.2) is 0 Å². The first-order valence-corrected chi connectivity index (χ1v) is 7.96. The zero-order chi connectivity index (χ0) is 13.8. The lowest BCUT2D eigenvalue weighted by Gasteiger charge is -2.22. The van der Waals surface area contributed by atoms with Crippen molar-refractivity contribution >= 4 is 26.7 Å². The molecular weight excluding hydrogens is 314 g/mol. The standard InChI is InChI=1S/C13H20BrNO2S/c1-13(2,3)15-8-11(16)9-18(17)12-6-4-10(14)5-7-12/h4-7,11,15-16H,8-9H2,1-3H3. The minimum Gasteiger partial charge on any atom is -0.391 e. The van der Waals surface area contributed by atoms with Crippen LogP contribution in [0.3, 0.4) is 0 Å². The van der Waals surface area contributed by atoms with Gasteiger partial charge in [0.05, 0.1) is 22.7 Å². The summed E-state index contributed by atoms with van der Waals surface area (Å²) in [7, 11) is -1.16. The van der Waals surface area contributed by atoms with E-state index in [9.17, 15) is 9.32 Å². The van der Waals surface area contributed by atoms with Gasteiger partial charge in [-0.3, -0.25) is 4.21 Å². The second-order valence-electron chi connectivity index (χ2n) is 5.25. The van der Waals surface area contributed by atoms with Crippen LogP contribution in [0.4, 0.5) is 0 Å². The van der Waals surface area contributed by atoms with Crippen molar-refractivity contribution < 1.29 is 9.32 Å². The molecule has 0 aliphatic rings. The maximum absolute atomic E-state index is 12.0. The smallest absolute Gasteiger partial charge is 0.0783 e. The summed E-state index contributed by atoms with van der Waals surface area (Å²) in [5.74, 6) is 0.255. The molecule has 1 aromatic carbocycles. The van der Waals surface area contributed by atoms with Gasteiger partial charge in [-0.1, -0.05) is 15.9 Å². The summed E-state index contributed by atoms with van der Waals surface area (Å²) < 4.78 is 13.0. The molecule has 0 aromatic heterocycles. The van der Waals surface area contributed by atoms with E-state index in [0.717, 1.165) is 9.37 Å². The largest absolute Gasteiger partial charge is 0.391 e. The molecular formula is C13H20BrNO2S. The number of aliphatic hydroxyl groups is 1. The lowest BCUT2D eigenvalue weighted by atomic mass is 10.1. The highest BCUT2D eigenvalue weighted by Crippen LogP contribution is 2.14. The molecule has 2 unspecified atom stereocenters. The molecule has 0 heterocycles. The molecule has 2 atom stereocenters. The van der Waals surface area contributed by atoms with E-state index in [1.807, 2.05) is 45.0 Å². The molecule has 0 saturated carbocycles. The van der Waals surface area contributed by atoms with Crippen molar-refractivity contribution in [3.05, 3.63) is 28.7 Å². The van der Waals surface area contributed by atoms with Crippen molar-refractivity contribution in [2.45, 2.75) is 37.3 Å². The minimum atomic E-state index is -1.16. The highest BCUT2D eigenvalue weighted by molar-refractivity contribution is 9.10. The van der Waals surface area contributed by atoms with Crippen molar-refractivity contribution in [1.29, 1.82) is 0 Å². The summed E-state index contributed by atoms with van der Waals surface area (Å²) in [6.07, 6.45) is -0.603. The molecule has 0 bridgehead atoms. The van der Waals surface area contributed by atoms with Crippen LogP contribution in [0.15, 0.2) is 33.6 Å². The van der Waals surface area contributed by atoms with Gasteiger partial charge >= 0.3 is 0 Å². The lowest BCUT2D eigenvalue weighted by Crippen LogP contribution is -2.42. The second-order valence-corrected chi connectivity index (χ2v) is 7.66. The second kappa shape index (κ2) is 6.80. The van der Waals surface area contributed by atoms with E-state index in [4.69, 9.17) is 0 Å². The molecule has 3 nitrogen and oxygen atoms in total. The van der Waals surface area contributed by atoms with Crippen LogP contribution in [-0.2, 0) is 10.8 Å². The summed E-state index contributed by atoms with van der Waals surface area (Å²) in [6.45, 7) is 6.55. The van der Waals surface area contributed by atoms with Crippen LogP contribution in [0, 0.1) is 0 Å². The molecule has 0 spiro atoms. The normalized spacial score (nSPS) is 15.4. The van der Waals surface area contributed by atoms with E-state index < -0.39 is 16.9 Å². The average molecular weight is 334 g/mol. The third kappa shape index (κ3) is 6.09. The fourth-order valence-electron chi connectivity index (χ4n) is 1.34. The van der Waals surface area contributed by atoms with Gasteiger partial charge in [-0.05, 0) is 45.0 Å². The lowest BCUT2D eigenvalue weighted by molar-refractivity contribution is 0.182. The van der Waals surface area contributed by atoms with Gasteiger partial charge in [-0.15, -0.1) is 0 Å². The number of β-amino-alcohol motifs (C(OH)–C–C–N with tert-alkyl or cyclic N) is 1. The number of benzene rings is 1. The molecule has 1 rings (SSSR count). The fraction of sp³-hybridized carbons (Fsp3) is 0.538. The van der Waals surface area contributed by atoms with Crippen molar-refractivity contribution in [2.75, 3.05) is 12.3 Å². The summed E-state index contributed by atoms with van der Waals surface area (Å²) in [6, 6.07) is 7.33. The first-order valence-electron chi connectivity index (χ1n) is 5.85. The summed E-state index contributed by atoms with van der Waals surface area (Å²) >= 11 is 3.33. The highest BCUT2D eigenvalue weighted by atomic mass is 79.9. The monoisotopic (exact) mass is 333 g/mol. The van der Waals surface area contributed by atoms with Crippen molar-refractivity contribution in [2.24, 2.45) is 0 Å². The Morgan fingerprint density at radius 2 is 1.89 bits per heavy atom. The van der Waals surface area contributed by atoms with Gasteiger partial charge < -0.3 is 10.4 Å². The van der Waals surface area contributed by atoms with E-state index >= 15 is 0 Å². The van der Waals surface area contributed by atoms with Gasteiger partial charge in [0.15, 0.2) is 0 Å². The Kier molecular flexibility index (Phi) is 5.98. The van der Waals surface area contributed by atoms with E-state index in [1.165, 1.54) is 0 Å². The topological polar surface area (TPSA) is 49.3 Å². The minimum absolute atomic E-state index is 0.0416. The predicted octanol–water partition coefficient (Wildman–Crippen LogP) is 2.31. The van der Waals surface area contributed by atoms with Gasteiger partial charge in [0.2, 0.25) is 0 Å². The van der Waals surface area contributed by atoms with Crippen molar-refractivity contribution in [3.8, 4) is 0 Å². The van der Waals surface area contributed by atoms with Crippen LogP contribution in [0.2, 0.25) is 0 Å².